The van der Waals surface area contributed by atoms with Crippen LogP contribution in [0, 0.1) is 11.8 Å². The summed E-state index contributed by atoms with van der Waals surface area (Å²) in [5.41, 5.74) is 48.3. The molecule has 0 rings (SSSR count). The smallest absolute Gasteiger partial charge is 0.408 e. The van der Waals surface area contributed by atoms with Crippen molar-refractivity contribution in [3.8, 4) is 0 Å². The van der Waals surface area contributed by atoms with Gasteiger partial charge in [-0.1, -0.05) is 27.7 Å². The van der Waals surface area contributed by atoms with Crippen molar-refractivity contribution >= 4 is 143 Å². The maximum atomic E-state index is 14.3. The van der Waals surface area contributed by atoms with Crippen LogP contribution in [0.1, 0.15) is 125 Å². The predicted octanol–water partition coefficient (Wildman–Crippen LogP) is -11.1. The molecule has 0 fully saturated rings. The summed E-state index contributed by atoms with van der Waals surface area (Å²) in [6, 6.07) is -11.4. The molecule has 114 heavy (non-hydrogen) atoms. The van der Waals surface area contributed by atoms with Gasteiger partial charge in [0.2, 0.25) is 118 Å². The van der Waals surface area contributed by atoms with Crippen molar-refractivity contribution in [2.24, 2.45) is 63.4 Å². The van der Waals surface area contributed by atoms with E-state index in [2.05, 4.69) is 44.5 Å². The number of aliphatic hydroxyl groups excluding tert-OH is 1. The number of carboxylic acid groups (broad SMARTS) is 2. The molecule has 0 aliphatic heterocycles. The minimum atomic E-state index is -1.77. The molecule has 1 unspecified atom stereocenters. The average molecular weight is 1650 g/mol. The van der Waals surface area contributed by atoms with Crippen molar-refractivity contribution in [3.05, 3.63) is 0 Å². The van der Waals surface area contributed by atoms with Crippen molar-refractivity contribution in [3.63, 3.8) is 0 Å². The van der Waals surface area contributed by atoms with Gasteiger partial charge < -0.3 is 128 Å². The first-order chi connectivity index (χ1) is 53.3. The van der Waals surface area contributed by atoms with Gasteiger partial charge in [0, 0.05) is 135 Å². The van der Waals surface area contributed by atoms with Crippen molar-refractivity contribution in [2.45, 2.75) is 167 Å². The monoisotopic (exact) mass is 1640 g/mol. The van der Waals surface area contributed by atoms with E-state index in [0.29, 0.717) is 9.80 Å². The number of hydrogen-bond acceptors (Lipinski definition) is 25. The topological polar surface area (TPSA) is 765 Å². The second-order valence-electron chi connectivity index (χ2n) is 26.5. The summed E-state index contributed by atoms with van der Waals surface area (Å²) >= 11 is 4.10. The highest BCUT2D eigenvalue weighted by Crippen LogP contribution is 2.19. The fourth-order valence-corrected chi connectivity index (χ4v) is 11.7. The Hall–Kier alpha value is -11.6. The molecule has 0 aromatic carbocycles. The quantitative estimate of drug-likeness (QED) is 0.0199. The van der Waals surface area contributed by atoms with Crippen LogP contribution in [0.3, 0.4) is 0 Å². The molecule has 47 nitrogen and oxygen atoms in total. The standard InChI is InChI=1S/C66H112N22O25S/c1-6-37(4)64(109)87(27-20-79-59(104)39(7-11-45(68)90)83(22-15-67)55(100)31-50(73)95)41(9-13-47(70)92)61(106)77-16-23-82(54(99)30-49(72)94)38(5)58(103)76-17-24-84(56(101)32-51(74)96)40(8-12-46(69)91)60(105)78-19-26-86(53(98)29-36(2)3)43(34-89)62(107)80-21-28-88(66(112)113)44(35-114)63(108)81-18-25-85(57(102)33-52(75)97)42(65(110)111)10-14-48(71)93/h36-44,89,114H,6-35,67H2,1-5H3,(H2,68,90)(H2,69,91)(H2,70,92)(H2,71,93)(H2,72,94)(H2,73,95)(H2,74,96)(H2,75,97)(H,76,103)(H,77,106)(H,78,105)(H,79,104)(H,80,107)(H,81,108)(H,110,111)(H,112,113)/t37?,38-,39-,40-,41-,42-,43-,44-/m0/s1. The summed E-state index contributed by atoms with van der Waals surface area (Å²) < 4.78 is 0. The molecule has 0 saturated carbocycles. The van der Waals surface area contributed by atoms with E-state index in [4.69, 9.17) is 51.6 Å². The van der Waals surface area contributed by atoms with Gasteiger partial charge in [0.1, 0.15) is 68.0 Å². The fourth-order valence-electron chi connectivity index (χ4n) is 11.4. The third kappa shape index (κ3) is 38.1. The van der Waals surface area contributed by atoms with Gasteiger partial charge in [-0.05, 0) is 44.9 Å². The summed E-state index contributed by atoms with van der Waals surface area (Å²) in [5, 5.41) is 45.4. The molecule has 0 bridgehead atoms. The molecule has 0 aromatic heterocycles. The first-order valence-electron chi connectivity index (χ1n) is 36.2. The highest BCUT2D eigenvalue weighted by molar-refractivity contribution is 7.80. The fraction of sp³-hybridized carbons (Fsp3) is 0.667. The van der Waals surface area contributed by atoms with Crippen LogP contribution in [0.4, 0.5) is 4.79 Å². The van der Waals surface area contributed by atoms with Crippen LogP contribution in [0.5, 0.6) is 0 Å². The Morgan fingerprint density at radius 2 is 0.632 bits per heavy atom. The van der Waals surface area contributed by atoms with E-state index in [-0.39, 0.29) is 38.3 Å². The minimum absolute atomic E-state index is 0.197. The number of hydrogen-bond donors (Lipinski definition) is 19. The van der Waals surface area contributed by atoms with Gasteiger partial charge in [-0.25, -0.2) is 9.59 Å². The molecule has 0 aliphatic rings. The van der Waals surface area contributed by atoms with E-state index in [1.807, 2.05) is 0 Å². The molecule has 21 amide bonds. The van der Waals surface area contributed by atoms with E-state index in [1.165, 1.54) is 13.8 Å². The van der Waals surface area contributed by atoms with Crippen LogP contribution in [0.25, 0.3) is 0 Å². The predicted molar refractivity (Wildman–Crippen MR) is 401 cm³/mol. The molecule has 0 heterocycles. The summed E-state index contributed by atoms with van der Waals surface area (Å²) in [6.45, 7) is -0.780. The lowest BCUT2D eigenvalue weighted by atomic mass is 10.0. The average Bonchev–Trinajstić information content (AvgIpc) is 0.851. The van der Waals surface area contributed by atoms with Crippen LogP contribution in [0.15, 0.2) is 0 Å². The highest BCUT2D eigenvalue weighted by atomic mass is 32.1. The Bertz CT molecular complexity index is 3430. The number of amides is 21. The van der Waals surface area contributed by atoms with E-state index >= 15 is 0 Å². The van der Waals surface area contributed by atoms with Crippen molar-refractivity contribution < 1.29 is 121 Å². The molecule has 0 spiro atoms. The number of primary amides is 8. The van der Waals surface area contributed by atoms with Crippen molar-refractivity contribution in [2.75, 3.05) is 104 Å². The number of nitrogens with zero attached hydrogens (tertiary/aromatic N) is 7. The number of aliphatic hydroxyl groups is 1. The summed E-state index contributed by atoms with van der Waals surface area (Å²) in [5.74, 6) is -23.2. The lowest BCUT2D eigenvalue weighted by molar-refractivity contribution is -0.151. The number of thiol groups is 1. The van der Waals surface area contributed by atoms with E-state index in [1.54, 1.807) is 20.8 Å². The Labute approximate surface area is 661 Å². The number of aliphatic carboxylic acids is 1. The zero-order valence-corrected chi connectivity index (χ0v) is 65.4. The molecule has 0 radical (unpaired) electrons. The Balaban J connectivity index is 6.97. The third-order valence-corrected chi connectivity index (χ3v) is 17.6. The first kappa shape index (κ1) is 102. The SMILES string of the molecule is CCC(C)C(=O)N(CCNC(=O)[C@H](CCC(N)=O)N(CCN)C(=O)CC(N)=O)[C@@H](CCC(N)=O)C(=O)NCCN(C(=O)CC(N)=O)[C@@H](C)C(=O)NCCN(C(=O)CC(N)=O)[C@@H](CCC(N)=O)C(=O)NCCN(C(=O)CC(C)C)[C@@H](CO)C(=O)NCCN(C(=O)O)[C@@H](CS)C(=O)NCCN(C(=O)CC(N)=O)[C@@H](CCC(N)=O)C(=O)O. The van der Waals surface area contributed by atoms with Crippen LogP contribution in [-0.4, -0.2) is 326 Å². The van der Waals surface area contributed by atoms with Crippen LogP contribution in [0.2, 0.25) is 0 Å². The lowest BCUT2D eigenvalue weighted by Crippen LogP contribution is -2.57. The number of nitrogens with two attached hydrogens (primary N) is 9. The highest BCUT2D eigenvalue weighted by Gasteiger charge is 2.39. The zero-order valence-electron chi connectivity index (χ0n) is 64.5. The first-order valence-corrected chi connectivity index (χ1v) is 36.8. The Morgan fingerprint density at radius 3 is 0.939 bits per heavy atom. The second kappa shape index (κ2) is 53.4. The second-order valence-corrected chi connectivity index (χ2v) is 26.8. The largest absolute Gasteiger partial charge is 0.480 e. The minimum Gasteiger partial charge on any atom is -0.480 e. The van der Waals surface area contributed by atoms with E-state index < -0.39 is 340 Å². The summed E-state index contributed by atoms with van der Waals surface area (Å²) in [4.78, 5) is 291. The molecule has 642 valence electrons. The van der Waals surface area contributed by atoms with Crippen LogP contribution in [-0.2, 0) is 101 Å². The van der Waals surface area contributed by atoms with Gasteiger partial charge >= 0.3 is 12.1 Å². The van der Waals surface area contributed by atoms with E-state index in [9.17, 15) is 121 Å². The number of nitrogens with one attached hydrogen (secondary N) is 6. The maximum absolute atomic E-state index is 14.3. The molecule has 0 aliphatic carbocycles. The molecule has 48 heteroatoms. The lowest BCUT2D eigenvalue weighted by Gasteiger charge is -2.34. The molecular formula is C66H112N22O25S. The normalized spacial score (nSPS) is 13.0. The summed E-state index contributed by atoms with van der Waals surface area (Å²) in [6.07, 6.45) is -9.41. The van der Waals surface area contributed by atoms with Gasteiger partial charge in [0.25, 0.3) is 0 Å². The van der Waals surface area contributed by atoms with Gasteiger partial charge in [0.15, 0.2) is 0 Å². The third-order valence-electron chi connectivity index (χ3n) is 17.2. The van der Waals surface area contributed by atoms with Crippen molar-refractivity contribution in [1.29, 1.82) is 0 Å². The van der Waals surface area contributed by atoms with Gasteiger partial charge in [-0.15, -0.1) is 0 Å². The van der Waals surface area contributed by atoms with Gasteiger partial charge in [0.05, 0.1) is 6.61 Å². The zero-order chi connectivity index (χ0) is 87.4. The number of rotatable bonds is 60. The molecule has 8 atom stereocenters. The van der Waals surface area contributed by atoms with Gasteiger partial charge in [-0.2, -0.15) is 12.6 Å². The maximum Gasteiger partial charge on any atom is 0.408 e. The van der Waals surface area contributed by atoms with Crippen LogP contribution >= 0.6 is 12.6 Å². The Morgan fingerprint density at radius 1 is 0.351 bits per heavy atom. The molecular weight excluding hydrogens is 1530 g/mol. The number of carbonyl (C=O) groups is 22. The number of carbonyl (C=O) groups excluding carboxylic acids is 20. The Kier molecular flexibility index (Phi) is 47.9. The van der Waals surface area contributed by atoms with Crippen molar-refractivity contribution in [1.82, 2.24) is 66.2 Å². The molecule has 0 aromatic rings. The summed E-state index contributed by atoms with van der Waals surface area (Å²) in [7, 11) is 0. The molecule has 27 N–H and O–H groups in total. The van der Waals surface area contributed by atoms with Gasteiger partial charge in [-0.3, -0.25) is 101 Å². The van der Waals surface area contributed by atoms with E-state index in [0.717, 1.165) is 24.5 Å². The van der Waals surface area contributed by atoms with Crippen LogP contribution < -0.4 is 83.5 Å². The molecule has 0 saturated heterocycles. The number of carboxylic acids is 1.